The smallest absolute Gasteiger partial charge is 0.235 e. The molecule has 4 heteroatoms. The summed E-state index contributed by atoms with van der Waals surface area (Å²) in [6.45, 7) is 0.705. The zero-order valence-corrected chi connectivity index (χ0v) is 16.1. The van der Waals surface area contributed by atoms with Gasteiger partial charge in [-0.05, 0) is 47.2 Å². The fourth-order valence-electron chi connectivity index (χ4n) is 2.69. The third-order valence-corrected chi connectivity index (χ3v) is 4.29. The van der Waals surface area contributed by atoms with Crippen LogP contribution in [0.1, 0.15) is 31.8 Å². The number of ketones is 2. The lowest BCUT2D eigenvalue weighted by atomic mass is 10.1. The Kier molecular flexibility index (Phi) is 6.66. The summed E-state index contributed by atoms with van der Waals surface area (Å²) in [6, 6.07) is 21.3. The van der Waals surface area contributed by atoms with E-state index in [1.54, 1.807) is 48.5 Å². The second kappa shape index (κ2) is 9.78. The molecule has 0 fully saturated rings. The van der Waals surface area contributed by atoms with E-state index in [1.165, 1.54) is 0 Å². The zero-order valence-electron chi connectivity index (χ0n) is 16.1. The summed E-state index contributed by atoms with van der Waals surface area (Å²) in [4.78, 5) is 23.2. The highest BCUT2D eigenvalue weighted by atomic mass is 16.5. The monoisotopic (exact) mass is 394 g/mol. The van der Waals surface area contributed by atoms with Crippen LogP contribution in [0, 0.1) is 24.7 Å². The van der Waals surface area contributed by atoms with Crippen LogP contribution in [0.15, 0.2) is 72.8 Å². The number of carbonyl (C=O) groups excluding carboxylic acids is 2. The van der Waals surface area contributed by atoms with Crippen molar-refractivity contribution in [1.29, 1.82) is 0 Å². The van der Waals surface area contributed by atoms with Gasteiger partial charge in [-0.3, -0.25) is 9.59 Å². The van der Waals surface area contributed by atoms with Gasteiger partial charge >= 0.3 is 0 Å². The van der Waals surface area contributed by atoms with Crippen LogP contribution in [0.2, 0.25) is 0 Å². The number of ether oxygens (including phenoxy) is 2. The predicted molar refractivity (Wildman–Crippen MR) is 114 cm³/mol. The number of carbonyl (C=O) groups is 2. The van der Waals surface area contributed by atoms with Gasteiger partial charge < -0.3 is 9.47 Å². The fourth-order valence-corrected chi connectivity index (χ4v) is 2.69. The summed E-state index contributed by atoms with van der Waals surface area (Å²) >= 11 is 0. The lowest BCUT2D eigenvalue weighted by molar-refractivity contribution is 0.104. The first-order chi connectivity index (χ1) is 14.6. The molecule has 0 aromatic heterocycles. The molecule has 3 rings (SSSR count). The SMILES string of the molecule is C#CC(=O)c1cccc(OCc2ccc(COc3cccc(C(=O)C#C)c3)cc2)c1. The maximum Gasteiger partial charge on any atom is 0.235 e. The molecule has 0 aliphatic heterocycles. The third kappa shape index (κ3) is 5.38. The van der Waals surface area contributed by atoms with Gasteiger partial charge in [0.25, 0.3) is 0 Å². The van der Waals surface area contributed by atoms with E-state index in [0.717, 1.165) is 11.1 Å². The van der Waals surface area contributed by atoms with Crippen molar-refractivity contribution in [2.45, 2.75) is 13.2 Å². The Morgan fingerprint density at radius 1 is 0.667 bits per heavy atom. The Hall–Kier alpha value is -4.28. The van der Waals surface area contributed by atoms with Gasteiger partial charge in [0.2, 0.25) is 11.6 Å². The van der Waals surface area contributed by atoms with Gasteiger partial charge in [0, 0.05) is 11.1 Å². The molecule has 30 heavy (non-hydrogen) atoms. The molecule has 0 heterocycles. The molecule has 0 aliphatic carbocycles. The average Bonchev–Trinajstić information content (AvgIpc) is 2.81. The van der Waals surface area contributed by atoms with E-state index in [9.17, 15) is 9.59 Å². The molecule has 146 valence electrons. The zero-order chi connectivity index (χ0) is 21.3. The van der Waals surface area contributed by atoms with Crippen LogP contribution in [-0.4, -0.2) is 11.6 Å². The Morgan fingerprint density at radius 3 is 1.43 bits per heavy atom. The molecule has 4 nitrogen and oxygen atoms in total. The van der Waals surface area contributed by atoms with Crippen molar-refractivity contribution in [3.8, 4) is 36.2 Å². The summed E-state index contributed by atoms with van der Waals surface area (Å²) in [6.07, 6.45) is 10.3. The van der Waals surface area contributed by atoms with E-state index < -0.39 is 0 Å². The molecule has 0 saturated heterocycles. The lowest BCUT2D eigenvalue weighted by Gasteiger charge is -2.09. The highest BCUT2D eigenvalue weighted by molar-refractivity contribution is 6.09. The van der Waals surface area contributed by atoms with Gasteiger partial charge in [-0.1, -0.05) is 48.5 Å². The summed E-state index contributed by atoms with van der Waals surface area (Å²) in [7, 11) is 0. The van der Waals surface area contributed by atoms with Crippen LogP contribution < -0.4 is 9.47 Å². The average molecular weight is 394 g/mol. The lowest BCUT2D eigenvalue weighted by Crippen LogP contribution is -2.00. The molecule has 0 aliphatic rings. The Labute approximate surface area is 175 Å². The number of benzene rings is 3. The summed E-state index contributed by atoms with van der Waals surface area (Å²) in [5.41, 5.74) is 2.79. The molecule has 0 spiro atoms. The number of rotatable bonds is 8. The fraction of sp³-hybridized carbons (Fsp3) is 0.0769. The van der Waals surface area contributed by atoms with Crippen molar-refractivity contribution in [2.75, 3.05) is 0 Å². The van der Waals surface area contributed by atoms with E-state index in [2.05, 4.69) is 11.8 Å². The largest absolute Gasteiger partial charge is 0.489 e. The molecule has 0 saturated carbocycles. The standard InChI is InChI=1S/C26H18O4/c1-3-25(27)21-7-5-9-23(15-21)29-17-19-11-13-20(14-12-19)18-30-24-10-6-8-22(16-24)26(28)4-2/h1-2,5-16H,17-18H2. The molecule has 0 radical (unpaired) electrons. The number of Topliss-reactive ketones (excluding diaryl/α,β-unsaturated/α-hetero) is 2. The van der Waals surface area contributed by atoms with Crippen LogP contribution in [0.5, 0.6) is 11.5 Å². The van der Waals surface area contributed by atoms with Gasteiger partial charge in [0.1, 0.15) is 24.7 Å². The summed E-state index contributed by atoms with van der Waals surface area (Å²) in [5, 5.41) is 0. The van der Waals surface area contributed by atoms with E-state index >= 15 is 0 Å². The van der Waals surface area contributed by atoms with Crippen molar-refractivity contribution in [2.24, 2.45) is 0 Å². The normalized spacial score (nSPS) is 9.80. The molecule has 3 aromatic rings. The second-order valence-corrected chi connectivity index (χ2v) is 6.40. The maximum absolute atomic E-state index is 11.6. The minimum absolute atomic E-state index is 0.352. The Balaban J connectivity index is 1.56. The quantitative estimate of drug-likeness (QED) is 0.321. The van der Waals surface area contributed by atoms with Gasteiger partial charge in [-0.25, -0.2) is 0 Å². The van der Waals surface area contributed by atoms with Crippen LogP contribution in [-0.2, 0) is 13.2 Å². The van der Waals surface area contributed by atoms with E-state index in [-0.39, 0.29) is 11.6 Å². The molecule has 0 N–H and O–H groups in total. The van der Waals surface area contributed by atoms with E-state index in [1.807, 2.05) is 24.3 Å². The molecule has 0 bridgehead atoms. The van der Waals surface area contributed by atoms with E-state index in [0.29, 0.717) is 35.8 Å². The summed E-state index contributed by atoms with van der Waals surface area (Å²) in [5.74, 6) is 4.58. The van der Waals surface area contributed by atoms with Gasteiger partial charge in [0.05, 0.1) is 0 Å². The Morgan fingerprint density at radius 2 is 1.07 bits per heavy atom. The van der Waals surface area contributed by atoms with Crippen LogP contribution >= 0.6 is 0 Å². The molecule has 3 aromatic carbocycles. The topological polar surface area (TPSA) is 52.6 Å². The minimum Gasteiger partial charge on any atom is -0.489 e. The van der Waals surface area contributed by atoms with Crippen molar-refractivity contribution in [3.05, 3.63) is 95.1 Å². The van der Waals surface area contributed by atoms with Crippen molar-refractivity contribution >= 4 is 11.6 Å². The van der Waals surface area contributed by atoms with Gasteiger partial charge in [0.15, 0.2) is 0 Å². The Bertz CT molecular complexity index is 1050. The highest BCUT2D eigenvalue weighted by Crippen LogP contribution is 2.18. The third-order valence-electron chi connectivity index (χ3n) is 4.29. The number of terminal acetylenes is 2. The van der Waals surface area contributed by atoms with Gasteiger partial charge in [-0.2, -0.15) is 0 Å². The molecular formula is C26H18O4. The number of hydrogen-bond donors (Lipinski definition) is 0. The maximum atomic E-state index is 11.6. The first-order valence-corrected chi connectivity index (χ1v) is 9.14. The molecule has 0 atom stereocenters. The molecule has 0 unspecified atom stereocenters. The van der Waals surface area contributed by atoms with Crippen LogP contribution in [0.3, 0.4) is 0 Å². The van der Waals surface area contributed by atoms with Crippen LogP contribution in [0.25, 0.3) is 0 Å². The first kappa shape index (κ1) is 20.5. The van der Waals surface area contributed by atoms with Crippen molar-refractivity contribution < 1.29 is 19.1 Å². The second-order valence-electron chi connectivity index (χ2n) is 6.40. The highest BCUT2D eigenvalue weighted by Gasteiger charge is 2.05. The number of hydrogen-bond acceptors (Lipinski definition) is 4. The molecule has 0 amide bonds. The van der Waals surface area contributed by atoms with Crippen molar-refractivity contribution in [1.82, 2.24) is 0 Å². The first-order valence-electron chi connectivity index (χ1n) is 9.14. The van der Waals surface area contributed by atoms with E-state index in [4.69, 9.17) is 22.3 Å². The predicted octanol–water partition coefficient (Wildman–Crippen LogP) is 4.48. The van der Waals surface area contributed by atoms with Gasteiger partial charge in [-0.15, -0.1) is 12.8 Å². The van der Waals surface area contributed by atoms with Crippen molar-refractivity contribution in [3.63, 3.8) is 0 Å². The van der Waals surface area contributed by atoms with Crippen LogP contribution in [0.4, 0.5) is 0 Å². The molecular weight excluding hydrogens is 376 g/mol. The minimum atomic E-state index is -0.376. The summed E-state index contributed by atoms with van der Waals surface area (Å²) < 4.78 is 11.5.